The van der Waals surface area contributed by atoms with E-state index >= 15 is 0 Å². The highest BCUT2D eigenvalue weighted by molar-refractivity contribution is 9.24. The molecule has 1 rings (SSSR count). The summed E-state index contributed by atoms with van der Waals surface area (Å²) < 4.78 is 0.264. The highest BCUT2D eigenvalue weighted by Gasteiger charge is 2.06. The van der Waals surface area contributed by atoms with Gasteiger partial charge in [0, 0.05) is 5.33 Å². The summed E-state index contributed by atoms with van der Waals surface area (Å²) in [5.74, 6) is 0. The Morgan fingerprint density at radius 3 is 2.42 bits per heavy atom. The largest absolute Gasteiger partial charge is 0.0949 e. The van der Waals surface area contributed by atoms with E-state index in [-0.39, 0.29) is 3.74 Å². The minimum absolute atomic E-state index is 0.264. The number of halogens is 3. The second-order valence-electron chi connectivity index (χ2n) is 2.44. The van der Waals surface area contributed by atoms with Crippen LogP contribution in [0.15, 0.2) is 24.3 Å². The first-order chi connectivity index (χ1) is 5.75. The average molecular weight is 357 g/mol. The van der Waals surface area contributed by atoms with E-state index in [0.29, 0.717) is 0 Å². The van der Waals surface area contributed by atoms with Gasteiger partial charge in [-0.3, -0.25) is 0 Å². The molecule has 0 nitrogen and oxygen atoms in total. The van der Waals surface area contributed by atoms with E-state index in [1.165, 1.54) is 11.1 Å². The zero-order valence-corrected chi connectivity index (χ0v) is 11.2. The Kier molecular flexibility index (Phi) is 4.84. The van der Waals surface area contributed by atoms with Gasteiger partial charge in [0.15, 0.2) is 0 Å². The molecule has 3 heteroatoms. The van der Waals surface area contributed by atoms with E-state index in [1.54, 1.807) is 0 Å². The van der Waals surface area contributed by atoms with Crippen LogP contribution in [0.25, 0.3) is 0 Å². The number of hydrogen-bond donors (Lipinski definition) is 0. The van der Waals surface area contributed by atoms with E-state index in [9.17, 15) is 0 Å². The molecular weight excluding hydrogens is 348 g/mol. The molecule has 0 fully saturated rings. The maximum atomic E-state index is 3.50. The van der Waals surface area contributed by atoms with Crippen LogP contribution in [0.2, 0.25) is 0 Å². The van der Waals surface area contributed by atoms with Crippen LogP contribution < -0.4 is 0 Å². The molecule has 0 atom stereocenters. The van der Waals surface area contributed by atoms with Gasteiger partial charge >= 0.3 is 0 Å². The number of hydrogen-bond acceptors (Lipinski definition) is 0. The van der Waals surface area contributed by atoms with Crippen LogP contribution in [0, 0.1) is 0 Å². The molecule has 0 aromatic heterocycles. The monoisotopic (exact) mass is 354 g/mol. The maximum absolute atomic E-state index is 3.50. The predicted octanol–water partition coefficient (Wildman–Crippen LogP) is 4.41. The fourth-order valence-electron chi connectivity index (χ4n) is 1.08. The van der Waals surface area contributed by atoms with Gasteiger partial charge in [-0.25, -0.2) is 0 Å². The van der Waals surface area contributed by atoms with Gasteiger partial charge in [0.05, 0.1) is 3.74 Å². The molecule has 0 N–H and O–H groups in total. The lowest BCUT2D eigenvalue weighted by atomic mass is 10.1. The average Bonchev–Trinajstić information content (AvgIpc) is 2.05. The molecule has 0 unspecified atom stereocenters. The summed E-state index contributed by atoms with van der Waals surface area (Å²) >= 11 is 10.4. The van der Waals surface area contributed by atoms with Crippen molar-refractivity contribution in [1.29, 1.82) is 0 Å². The third-order valence-corrected chi connectivity index (χ3v) is 3.04. The first-order valence-electron chi connectivity index (χ1n) is 3.67. The molecule has 0 saturated heterocycles. The van der Waals surface area contributed by atoms with Crippen molar-refractivity contribution in [3.63, 3.8) is 0 Å². The first-order valence-corrected chi connectivity index (χ1v) is 6.63. The molecule has 0 amide bonds. The SMILES string of the molecule is BrCCc1ccccc1C(Br)Br. The van der Waals surface area contributed by atoms with E-state index < -0.39 is 0 Å². The molecule has 0 saturated carbocycles. The number of alkyl halides is 3. The second-order valence-corrected chi connectivity index (χ2v) is 6.29. The smallest absolute Gasteiger partial charge is 0.0924 e. The molecule has 0 aliphatic carbocycles. The third kappa shape index (κ3) is 2.86. The van der Waals surface area contributed by atoms with Gasteiger partial charge in [-0.2, -0.15) is 0 Å². The van der Waals surface area contributed by atoms with E-state index in [4.69, 9.17) is 0 Å². The van der Waals surface area contributed by atoms with Gasteiger partial charge in [0.2, 0.25) is 0 Å². The molecule has 0 spiro atoms. The van der Waals surface area contributed by atoms with Crippen molar-refractivity contribution in [2.45, 2.75) is 10.2 Å². The Hall–Kier alpha value is 0.660. The fourth-order valence-corrected chi connectivity index (χ4v) is 2.40. The minimum atomic E-state index is 0.264. The van der Waals surface area contributed by atoms with E-state index in [2.05, 4.69) is 72.1 Å². The lowest BCUT2D eigenvalue weighted by molar-refractivity contribution is 1.13. The Bertz CT molecular complexity index is 245. The van der Waals surface area contributed by atoms with Crippen LogP contribution in [-0.4, -0.2) is 5.33 Å². The minimum Gasteiger partial charge on any atom is -0.0924 e. The second kappa shape index (κ2) is 5.40. The summed E-state index contributed by atoms with van der Waals surface area (Å²) in [6.45, 7) is 0. The summed E-state index contributed by atoms with van der Waals surface area (Å²) in [6, 6.07) is 8.42. The Labute approximate surface area is 98.1 Å². The van der Waals surface area contributed by atoms with Gasteiger partial charge in [-0.15, -0.1) is 0 Å². The van der Waals surface area contributed by atoms with Crippen LogP contribution >= 0.6 is 47.8 Å². The molecular formula is C9H9Br3. The predicted molar refractivity (Wildman–Crippen MR) is 64.5 cm³/mol. The fraction of sp³-hybridized carbons (Fsp3) is 0.333. The van der Waals surface area contributed by atoms with Gasteiger partial charge in [0.25, 0.3) is 0 Å². The molecule has 1 aromatic rings. The molecule has 66 valence electrons. The van der Waals surface area contributed by atoms with Gasteiger partial charge in [0.1, 0.15) is 0 Å². The first kappa shape index (κ1) is 10.7. The van der Waals surface area contributed by atoms with Crippen LogP contribution in [0.3, 0.4) is 0 Å². The number of rotatable bonds is 3. The molecule has 0 bridgehead atoms. The maximum Gasteiger partial charge on any atom is 0.0949 e. The lowest BCUT2D eigenvalue weighted by Crippen LogP contribution is -1.93. The normalized spacial score (nSPS) is 10.7. The topological polar surface area (TPSA) is 0 Å². The summed E-state index contributed by atoms with van der Waals surface area (Å²) in [6.07, 6.45) is 1.07. The van der Waals surface area contributed by atoms with Crippen molar-refractivity contribution < 1.29 is 0 Å². The van der Waals surface area contributed by atoms with E-state index in [0.717, 1.165) is 11.8 Å². The standard InChI is InChI=1S/C9H9Br3/c10-6-5-7-3-1-2-4-8(7)9(11)12/h1-4,9H,5-6H2. The van der Waals surface area contributed by atoms with Crippen molar-refractivity contribution >= 4 is 47.8 Å². The summed E-state index contributed by atoms with van der Waals surface area (Å²) in [4.78, 5) is 0. The zero-order valence-electron chi connectivity index (χ0n) is 6.43. The molecule has 0 aliphatic heterocycles. The summed E-state index contributed by atoms with van der Waals surface area (Å²) in [5, 5.41) is 1.01. The van der Waals surface area contributed by atoms with Gasteiger partial charge in [-0.05, 0) is 17.5 Å². The summed E-state index contributed by atoms with van der Waals surface area (Å²) in [7, 11) is 0. The molecule has 0 aliphatic rings. The van der Waals surface area contributed by atoms with Crippen molar-refractivity contribution in [1.82, 2.24) is 0 Å². The van der Waals surface area contributed by atoms with Crippen LogP contribution in [0.5, 0.6) is 0 Å². The van der Waals surface area contributed by atoms with Gasteiger partial charge < -0.3 is 0 Å². The number of benzene rings is 1. The highest BCUT2D eigenvalue weighted by atomic mass is 79.9. The molecule has 0 heterocycles. The molecule has 0 radical (unpaired) electrons. The van der Waals surface area contributed by atoms with Crippen molar-refractivity contribution in [3.8, 4) is 0 Å². The van der Waals surface area contributed by atoms with Crippen LogP contribution in [0.4, 0.5) is 0 Å². The quantitative estimate of drug-likeness (QED) is 0.704. The molecule has 1 aromatic carbocycles. The Morgan fingerprint density at radius 2 is 1.83 bits per heavy atom. The third-order valence-electron chi connectivity index (χ3n) is 1.65. The Morgan fingerprint density at radius 1 is 1.17 bits per heavy atom. The van der Waals surface area contributed by atoms with Crippen LogP contribution in [0.1, 0.15) is 14.9 Å². The zero-order chi connectivity index (χ0) is 8.97. The van der Waals surface area contributed by atoms with Crippen molar-refractivity contribution in [2.24, 2.45) is 0 Å². The van der Waals surface area contributed by atoms with Gasteiger partial charge in [-0.1, -0.05) is 72.1 Å². The lowest BCUT2D eigenvalue weighted by Gasteiger charge is -2.08. The van der Waals surface area contributed by atoms with E-state index in [1.807, 2.05) is 0 Å². The van der Waals surface area contributed by atoms with Crippen molar-refractivity contribution in [2.75, 3.05) is 5.33 Å². The molecule has 12 heavy (non-hydrogen) atoms. The Balaban J connectivity index is 2.92. The van der Waals surface area contributed by atoms with Crippen molar-refractivity contribution in [3.05, 3.63) is 35.4 Å². The van der Waals surface area contributed by atoms with Crippen LogP contribution in [-0.2, 0) is 6.42 Å². The number of aryl methyl sites for hydroxylation is 1. The highest BCUT2D eigenvalue weighted by Crippen LogP contribution is 2.31. The summed E-state index contributed by atoms with van der Waals surface area (Å²) in [5.41, 5.74) is 2.70.